The summed E-state index contributed by atoms with van der Waals surface area (Å²) in [6.45, 7) is 2.84. The summed E-state index contributed by atoms with van der Waals surface area (Å²) in [5.74, 6) is 0.0853. The zero-order valence-electron chi connectivity index (χ0n) is 12.7. The van der Waals surface area contributed by atoms with Crippen molar-refractivity contribution in [3.8, 4) is 0 Å². The average molecular weight is 289 g/mol. The van der Waals surface area contributed by atoms with Crippen LogP contribution in [0.1, 0.15) is 32.2 Å². The fraction of sp³-hybridized carbons (Fsp3) is 0.500. The van der Waals surface area contributed by atoms with Crippen LogP contribution in [0.4, 0.5) is 0 Å². The molecule has 0 bridgehead atoms. The number of likely N-dealkylation sites (N-methyl/N-ethyl adjacent to an activating group) is 1. The Morgan fingerprint density at radius 1 is 1.33 bits per heavy atom. The van der Waals surface area contributed by atoms with Crippen molar-refractivity contribution in [2.24, 2.45) is 0 Å². The highest BCUT2D eigenvalue weighted by molar-refractivity contribution is 5.83. The molecule has 2 aromatic rings. The fourth-order valence-electron chi connectivity index (χ4n) is 2.47. The average Bonchev–Trinajstić information content (AvgIpc) is 2.94. The molecule has 1 aromatic heterocycles. The molecule has 0 saturated carbocycles. The number of nitrogens with zero attached hydrogens (tertiary/aromatic N) is 3. The topological polar surface area (TPSA) is 58.4 Å². The molecule has 21 heavy (non-hydrogen) atoms. The van der Waals surface area contributed by atoms with Crippen LogP contribution in [0, 0.1) is 0 Å². The summed E-state index contributed by atoms with van der Waals surface area (Å²) < 4.78 is 1.92. The van der Waals surface area contributed by atoms with Crippen molar-refractivity contribution in [2.45, 2.75) is 32.2 Å². The number of hydrogen-bond donors (Lipinski definition) is 1. The Balaban J connectivity index is 2.01. The second-order valence-corrected chi connectivity index (χ2v) is 5.36. The number of rotatable bonds is 7. The number of aromatic nitrogens is 2. The van der Waals surface area contributed by atoms with Gasteiger partial charge in [-0.25, -0.2) is 4.98 Å². The molecule has 0 aliphatic rings. The number of para-hydroxylation sites is 2. The van der Waals surface area contributed by atoms with Gasteiger partial charge >= 0.3 is 0 Å². The van der Waals surface area contributed by atoms with Gasteiger partial charge < -0.3 is 14.6 Å². The summed E-state index contributed by atoms with van der Waals surface area (Å²) in [6, 6.07) is 7.56. The zero-order chi connectivity index (χ0) is 15.2. The first-order chi connectivity index (χ1) is 10.1. The first-order valence-corrected chi connectivity index (χ1v) is 7.42. The van der Waals surface area contributed by atoms with E-state index in [1.165, 1.54) is 0 Å². The van der Waals surface area contributed by atoms with Gasteiger partial charge in [0.05, 0.1) is 17.4 Å². The van der Waals surface area contributed by atoms with E-state index in [0.29, 0.717) is 0 Å². The predicted octanol–water partition coefficient (Wildman–Crippen LogP) is 2.22. The molecule has 1 N–H and O–H groups in total. The second-order valence-electron chi connectivity index (χ2n) is 5.36. The molecule has 1 heterocycles. The van der Waals surface area contributed by atoms with E-state index in [1.807, 2.05) is 42.8 Å². The molecule has 0 aliphatic carbocycles. The molecule has 1 amide bonds. The highest BCUT2D eigenvalue weighted by Gasteiger charge is 2.20. The normalized spacial score (nSPS) is 12.5. The monoisotopic (exact) mass is 289 g/mol. The molecule has 0 spiro atoms. The lowest BCUT2D eigenvalue weighted by molar-refractivity contribution is -0.132. The third kappa shape index (κ3) is 3.61. The van der Waals surface area contributed by atoms with Crippen molar-refractivity contribution in [3.63, 3.8) is 0 Å². The van der Waals surface area contributed by atoms with Crippen LogP contribution >= 0.6 is 0 Å². The number of fused-ring (bicyclic) bond motifs is 1. The number of aliphatic hydroxyl groups excluding tert-OH is 1. The van der Waals surface area contributed by atoms with Crippen molar-refractivity contribution in [1.82, 2.24) is 14.5 Å². The van der Waals surface area contributed by atoms with Crippen LogP contribution in [0.5, 0.6) is 0 Å². The van der Waals surface area contributed by atoms with Gasteiger partial charge in [0.2, 0.25) is 5.91 Å². The minimum atomic E-state index is -0.264. The molecule has 5 nitrogen and oxygen atoms in total. The Morgan fingerprint density at radius 3 is 2.86 bits per heavy atom. The number of hydrogen-bond acceptors (Lipinski definition) is 3. The van der Waals surface area contributed by atoms with Crippen LogP contribution in [0.3, 0.4) is 0 Å². The summed E-state index contributed by atoms with van der Waals surface area (Å²) in [5, 5.41) is 8.76. The predicted molar refractivity (Wildman–Crippen MR) is 83.0 cm³/mol. The summed E-state index contributed by atoms with van der Waals surface area (Å²) in [7, 11) is 1.83. The van der Waals surface area contributed by atoms with Crippen LogP contribution in [0.15, 0.2) is 30.6 Å². The Hall–Kier alpha value is -1.88. The van der Waals surface area contributed by atoms with Gasteiger partial charge in [-0.1, -0.05) is 12.1 Å². The molecule has 1 atom stereocenters. The highest BCUT2D eigenvalue weighted by Crippen LogP contribution is 2.18. The van der Waals surface area contributed by atoms with E-state index < -0.39 is 0 Å². The lowest BCUT2D eigenvalue weighted by Crippen LogP contribution is -2.33. The Bertz CT molecular complexity index is 594. The minimum absolute atomic E-state index is 0.0853. The standard InChI is InChI=1S/C16H23N3O2/c1-13(16(21)18(2)10-6-3-7-11-20)19-12-17-14-8-4-5-9-15(14)19/h4-5,8-9,12-13,20H,3,6-7,10-11H2,1-2H3. The highest BCUT2D eigenvalue weighted by atomic mass is 16.2. The Labute approximate surface area is 125 Å². The van der Waals surface area contributed by atoms with Crippen molar-refractivity contribution >= 4 is 16.9 Å². The number of benzene rings is 1. The van der Waals surface area contributed by atoms with Gasteiger partial charge in [-0.05, 0) is 38.3 Å². The molecule has 1 aromatic carbocycles. The van der Waals surface area contributed by atoms with Gasteiger partial charge in [0.25, 0.3) is 0 Å². The molecule has 114 valence electrons. The van der Waals surface area contributed by atoms with E-state index >= 15 is 0 Å². The van der Waals surface area contributed by atoms with E-state index in [4.69, 9.17) is 5.11 Å². The number of carbonyl (C=O) groups excluding carboxylic acids is 1. The number of carbonyl (C=O) groups is 1. The first kappa shape index (κ1) is 15.5. The first-order valence-electron chi connectivity index (χ1n) is 7.42. The van der Waals surface area contributed by atoms with Crippen LogP contribution in [-0.4, -0.2) is 45.7 Å². The molecular weight excluding hydrogens is 266 g/mol. The van der Waals surface area contributed by atoms with E-state index in [-0.39, 0.29) is 18.6 Å². The van der Waals surface area contributed by atoms with Gasteiger partial charge in [-0.3, -0.25) is 4.79 Å². The SMILES string of the molecule is CC(C(=O)N(C)CCCCCO)n1cnc2ccccc21. The molecule has 0 radical (unpaired) electrons. The van der Waals surface area contributed by atoms with E-state index in [1.54, 1.807) is 11.2 Å². The second kappa shape index (κ2) is 7.22. The van der Waals surface area contributed by atoms with Crippen LogP contribution < -0.4 is 0 Å². The number of imidazole rings is 1. The smallest absolute Gasteiger partial charge is 0.245 e. The molecule has 2 rings (SSSR count). The van der Waals surface area contributed by atoms with Gasteiger partial charge in [0.1, 0.15) is 6.04 Å². The van der Waals surface area contributed by atoms with Gasteiger partial charge in [-0.2, -0.15) is 0 Å². The number of amides is 1. The van der Waals surface area contributed by atoms with Gasteiger partial charge in [0, 0.05) is 20.2 Å². The third-order valence-electron chi connectivity index (χ3n) is 3.78. The van der Waals surface area contributed by atoms with Crippen molar-refractivity contribution < 1.29 is 9.90 Å². The summed E-state index contributed by atoms with van der Waals surface area (Å²) in [6.07, 6.45) is 4.38. The quantitative estimate of drug-likeness (QED) is 0.795. The zero-order valence-corrected chi connectivity index (χ0v) is 12.7. The molecule has 0 saturated heterocycles. The molecule has 1 unspecified atom stereocenters. The molecule has 0 fully saturated rings. The summed E-state index contributed by atoms with van der Waals surface area (Å²) in [4.78, 5) is 18.6. The van der Waals surface area contributed by atoms with E-state index in [2.05, 4.69) is 4.98 Å². The van der Waals surface area contributed by atoms with Crippen LogP contribution in [0.2, 0.25) is 0 Å². The van der Waals surface area contributed by atoms with Crippen LogP contribution in [0.25, 0.3) is 11.0 Å². The van der Waals surface area contributed by atoms with Crippen molar-refractivity contribution in [2.75, 3.05) is 20.2 Å². The molecule has 0 aliphatic heterocycles. The largest absolute Gasteiger partial charge is 0.396 e. The Kier molecular flexibility index (Phi) is 5.33. The van der Waals surface area contributed by atoms with Crippen LogP contribution in [-0.2, 0) is 4.79 Å². The van der Waals surface area contributed by atoms with Gasteiger partial charge in [-0.15, -0.1) is 0 Å². The van der Waals surface area contributed by atoms with Gasteiger partial charge in [0.15, 0.2) is 0 Å². The number of aliphatic hydroxyl groups is 1. The maximum Gasteiger partial charge on any atom is 0.245 e. The lowest BCUT2D eigenvalue weighted by atomic mass is 10.2. The summed E-state index contributed by atoms with van der Waals surface area (Å²) in [5.41, 5.74) is 1.88. The van der Waals surface area contributed by atoms with E-state index in [9.17, 15) is 4.79 Å². The maximum absolute atomic E-state index is 12.5. The van der Waals surface area contributed by atoms with Crippen molar-refractivity contribution in [1.29, 1.82) is 0 Å². The molecule has 5 heteroatoms. The maximum atomic E-state index is 12.5. The lowest BCUT2D eigenvalue weighted by Gasteiger charge is -2.22. The third-order valence-corrected chi connectivity index (χ3v) is 3.78. The molecular formula is C16H23N3O2. The minimum Gasteiger partial charge on any atom is -0.396 e. The van der Waals surface area contributed by atoms with Crippen molar-refractivity contribution in [3.05, 3.63) is 30.6 Å². The fourth-order valence-corrected chi connectivity index (χ4v) is 2.47. The van der Waals surface area contributed by atoms with E-state index in [0.717, 1.165) is 36.8 Å². The Morgan fingerprint density at radius 2 is 2.10 bits per heavy atom. The number of unbranched alkanes of at least 4 members (excludes halogenated alkanes) is 2. The summed E-state index contributed by atoms with van der Waals surface area (Å²) >= 11 is 0.